The highest BCUT2D eigenvalue weighted by Crippen LogP contribution is 2.26. The third-order valence-corrected chi connectivity index (χ3v) is 4.60. The Morgan fingerprint density at radius 1 is 1.47 bits per heavy atom. The smallest absolute Gasteiger partial charge is 0.132 e. The molecule has 2 saturated heterocycles. The average Bonchev–Trinajstić information content (AvgIpc) is 2.89. The van der Waals surface area contributed by atoms with E-state index in [9.17, 15) is 0 Å². The quantitative estimate of drug-likeness (QED) is 0.844. The predicted octanol–water partition coefficient (Wildman–Crippen LogP) is 0.789. The van der Waals surface area contributed by atoms with Crippen LogP contribution in [0.15, 0.2) is 0 Å². The van der Waals surface area contributed by atoms with Crippen LogP contribution in [0.4, 0.5) is 5.00 Å². The van der Waals surface area contributed by atoms with Gasteiger partial charge in [0.15, 0.2) is 0 Å². The molecule has 1 aromatic heterocycles. The molecule has 6 heteroatoms. The highest BCUT2D eigenvalue weighted by Gasteiger charge is 2.34. The molecule has 0 spiro atoms. The van der Waals surface area contributed by atoms with Gasteiger partial charge in [0.25, 0.3) is 0 Å². The Kier molecular flexibility index (Phi) is 3.02. The molecule has 0 saturated carbocycles. The maximum absolute atomic E-state index is 5.87. The van der Waals surface area contributed by atoms with Crippen LogP contribution in [0.25, 0.3) is 0 Å². The lowest BCUT2D eigenvalue weighted by Crippen LogP contribution is -2.54. The Morgan fingerprint density at radius 3 is 3.12 bits per heavy atom. The molecule has 2 aliphatic heterocycles. The molecule has 0 amide bonds. The second-order valence-electron chi connectivity index (χ2n) is 5.15. The SMILES string of the molecule is CC1CN2CCCC2CN1Cc1nnsc1N. The van der Waals surface area contributed by atoms with Gasteiger partial charge in [-0.15, -0.1) is 5.10 Å². The molecular weight excluding hydrogens is 234 g/mol. The van der Waals surface area contributed by atoms with Crippen molar-refractivity contribution in [2.75, 3.05) is 25.4 Å². The number of fused-ring (bicyclic) bond motifs is 1. The number of hydrogen-bond donors (Lipinski definition) is 1. The van der Waals surface area contributed by atoms with E-state index in [-0.39, 0.29) is 0 Å². The van der Waals surface area contributed by atoms with Crippen molar-refractivity contribution < 1.29 is 0 Å². The molecule has 2 N–H and O–H groups in total. The zero-order chi connectivity index (χ0) is 11.8. The molecule has 2 aliphatic rings. The summed E-state index contributed by atoms with van der Waals surface area (Å²) >= 11 is 1.29. The Bertz CT molecular complexity index is 393. The van der Waals surface area contributed by atoms with Crippen molar-refractivity contribution in [2.45, 2.75) is 38.4 Å². The second kappa shape index (κ2) is 4.51. The van der Waals surface area contributed by atoms with Gasteiger partial charge in [-0.2, -0.15) is 0 Å². The highest BCUT2D eigenvalue weighted by atomic mass is 32.1. The molecular formula is C11H19N5S. The van der Waals surface area contributed by atoms with E-state index >= 15 is 0 Å². The van der Waals surface area contributed by atoms with Crippen LogP contribution in [0.1, 0.15) is 25.5 Å². The van der Waals surface area contributed by atoms with Gasteiger partial charge in [0.05, 0.1) is 0 Å². The number of nitrogens with zero attached hydrogens (tertiary/aromatic N) is 4. The summed E-state index contributed by atoms with van der Waals surface area (Å²) < 4.78 is 3.91. The molecule has 2 atom stereocenters. The summed E-state index contributed by atoms with van der Waals surface area (Å²) in [5.74, 6) is 0. The molecule has 94 valence electrons. The van der Waals surface area contributed by atoms with Gasteiger partial charge in [-0.25, -0.2) is 0 Å². The summed E-state index contributed by atoms with van der Waals surface area (Å²) in [5.41, 5.74) is 6.82. The molecule has 5 nitrogen and oxygen atoms in total. The first-order chi connectivity index (χ1) is 8.24. The van der Waals surface area contributed by atoms with Crippen LogP contribution < -0.4 is 5.73 Å². The normalized spacial score (nSPS) is 30.6. The molecule has 3 heterocycles. The van der Waals surface area contributed by atoms with Crippen molar-refractivity contribution in [3.63, 3.8) is 0 Å². The van der Waals surface area contributed by atoms with Crippen LogP contribution in [0, 0.1) is 0 Å². The fourth-order valence-corrected chi connectivity index (χ4v) is 3.42. The van der Waals surface area contributed by atoms with Gasteiger partial charge in [0, 0.05) is 43.3 Å². The van der Waals surface area contributed by atoms with E-state index in [1.807, 2.05) is 0 Å². The summed E-state index contributed by atoms with van der Waals surface area (Å²) in [6.07, 6.45) is 2.69. The van der Waals surface area contributed by atoms with Crippen LogP contribution in [-0.2, 0) is 6.54 Å². The molecule has 0 bridgehead atoms. The summed E-state index contributed by atoms with van der Waals surface area (Å²) in [5, 5.41) is 4.89. The molecule has 0 aliphatic carbocycles. The molecule has 2 fully saturated rings. The van der Waals surface area contributed by atoms with Crippen molar-refractivity contribution in [3.8, 4) is 0 Å². The number of nitrogen functional groups attached to an aromatic ring is 1. The van der Waals surface area contributed by atoms with Gasteiger partial charge in [0.2, 0.25) is 0 Å². The lowest BCUT2D eigenvalue weighted by atomic mass is 10.1. The minimum atomic E-state index is 0.588. The number of piperazine rings is 1. The van der Waals surface area contributed by atoms with Crippen molar-refractivity contribution in [3.05, 3.63) is 5.69 Å². The summed E-state index contributed by atoms with van der Waals surface area (Å²) in [6, 6.07) is 1.34. The summed E-state index contributed by atoms with van der Waals surface area (Å²) in [6.45, 7) is 6.77. The molecule has 0 radical (unpaired) electrons. The predicted molar refractivity (Wildman–Crippen MR) is 68.8 cm³/mol. The standard InChI is InChI=1S/C11H19N5S/c1-8-5-15-4-2-3-9(15)6-16(8)7-10-11(12)17-14-13-10/h8-9H,2-7,12H2,1H3. The van der Waals surface area contributed by atoms with Crippen LogP contribution in [0.5, 0.6) is 0 Å². The van der Waals surface area contributed by atoms with Gasteiger partial charge in [0.1, 0.15) is 10.7 Å². The molecule has 3 rings (SSSR count). The number of rotatable bonds is 2. The third-order valence-electron chi connectivity index (χ3n) is 4.00. The first-order valence-electron chi connectivity index (χ1n) is 6.29. The van der Waals surface area contributed by atoms with Crippen molar-refractivity contribution in [1.29, 1.82) is 0 Å². The lowest BCUT2D eigenvalue weighted by Gasteiger charge is -2.42. The summed E-state index contributed by atoms with van der Waals surface area (Å²) in [4.78, 5) is 5.13. The maximum Gasteiger partial charge on any atom is 0.132 e. The lowest BCUT2D eigenvalue weighted by molar-refractivity contribution is 0.0533. The van der Waals surface area contributed by atoms with Crippen LogP contribution in [-0.4, -0.2) is 51.1 Å². The van der Waals surface area contributed by atoms with Gasteiger partial charge < -0.3 is 5.73 Å². The van der Waals surface area contributed by atoms with Crippen molar-refractivity contribution in [2.24, 2.45) is 0 Å². The zero-order valence-corrected chi connectivity index (χ0v) is 11.0. The summed E-state index contributed by atoms with van der Waals surface area (Å²) in [7, 11) is 0. The number of anilines is 1. The van der Waals surface area contributed by atoms with Crippen LogP contribution in [0.2, 0.25) is 0 Å². The van der Waals surface area contributed by atoms with Crippen LogP contribution >= 0.6 is 11.5 Å². The Balaban J connectivity index is 1.69. The topological polar surface area (TPSA) is 58.3 Å². The van der Waals surface area contributed by atoms with Gasteiger partial charge >= 0.3 is 0 Å². The number of aromatic nitrogens is 2. The maximum atomic E-state index is 5.87. The van der Waals surface area contributed by atoms with E-state index in [0.29, 0.717) is 6.04 Å². The Labute approximate surface area is 106 Å². The number of nitrogens with two attached hydrogens (primary N) is 1. The monoisotopic (exact) mass is 253 g/mol. The second-order valence-corrected chi connectivity index (χ2v) is 5.94. The van der Waals surface area contributed by atoms with E-state index in [4.69, 9.17) is 5.73 Å². The van der Waals surface area contributed by atoms with E-state index in [1.54, 1.807) is 0 Å². The fourth-order valence-electron chi connectivity index (χ4n) is 2.99. The highest BCUT2D eigenvalue weighted by molar-refractivity contribution is 7.09. The van der Waals surface area contributed by atoms with E-state index in [0.717, 1.165) is 29.8 Å². The third kappa shape index (κ3) is 2.17. The largest absolute Gasteiger partial charge is 0.388 e. The Hall–Kier alpha value is -0.720. The van der Waals surface area contributed by atoms with Gasteiger partial charge in [-0.1, -0.05) is 4.49 Å². The first kappa shape index (κ1) is 11.4. The van der Waals surface area contributed by atoms with Crippen molar-refractivity contribution >= 4 is 16.5 Å². The van der Waals surface area contributed by atoms with E-state index in [1.165, 1.54) is 37.5 Å². The zero-order valence-electron chi connectivity index (χ0n) is 10.2. The average molecular weight is 253 g/mol. The Morgan fingerprint density at radius 2 is 2.35 bits per heavy atom. The first-order valence-corrected chi connectivity index (χ1v) is 7.06. The van der Waals surface area contributed by atoms with E-state index in [2.05, 4.69) is 26.3 Å². The molecule has 0 aromatic carbocycles. The molecule has 2 unspecified atom stereocenters. The van der Waals surface area contributed by atoms with E-state index < -0.39 is 0 Å². The minimum absolute atomic E-state index is 0.588. The fraction of sp³-hybridized carbons (Fsp3) is 0.818. The minimum Gasteiger partial charge on any atom is -0.388 e. The van der Waals surface area contributed by atoms with Crippen LogP contribution in [0.3, 0.4) is 0 Å². The van der Waals surface area contributed by atoms with Gasteiger partial charge in [-0.05, 0) is 26.3 Å². The molecule has 17 heavy (non-hydrogen) atoms. The van der Waals surface area contributed by atoms with Crippen molar-refractivity contribution in [1.82, 2.24) is 19.4 Å². The molecule has 1 aromatic rings. The number of hydrogen-bond acceptors (Lipinski definition) is 6. The van der Waals surface area contributed by atoms with Gasteiger partial charge in [-0.3, -0.25) is 9.80 Å².